The number of nitrogens with zero attached hydrogens (tertiary/aromatic N) is 8. The van der Waals surface area contributed by atoms with E-state index in [-0.39, 0.29) is 47.4 Å². The number of rotatable bonds is 18. The Balaban J connectivity index is 0.703. The maximum absolute atomic E-state index is 14.2. The summed E-state index contributed by atoms with van der Waals surface area (Å²) in [5.74, 6) is 0.663. The summed E-state index contributed by atoms with van der Waals surface area (Å²) >= 11 is 0. The van der Waals surface area contributed by atoms with Crippen molar-refractivity contribution < 1.29 is 32.3 Å². The Labute approximate surface area is 381 Å². The fourth-order valence-corrected chi connectivity index (χ4v) is 9.73. The molecule has 2 aliphatic carbocycles. The van der Waals surface area contributed by atoms with Crippen molar-refractivity contribution in [2.45, 2.75) is 95.2 Å². The van der Waals surface area contributed by atoms with Gasteiger partial charge in [0.1, 0.15) is 18.1 Å². The molecule has 2 saturated carbocycles. The molecule has 66 heavy (non-hydrogen) atoms. The maximum atomic E-state index is 14.2. The number of hydrogen-bond donors (Lipinski definition) is 3. The van der Waals surface area contributed by atoms with Crippen molar-refractivity contribution >= 4 is 40.3 Å². The first-order chi connectivity index (χ1) is 31.9. The van der Waals surface area contributed by atoms with Crippen LogP contribution in [0.2, 0.25) is 0 Å². The largest absolute Gasteiger partial charge is 0.444 e. The lowest BCUT2D eigenvalue weighted by Gasteiger charge is -2.35. The molecule has 6 heterocycles. The summed E-state index contributed by atoms with van der Waals surface area (Å²) in [6.45, 7) is 6.08. The third kappa shape index (κ3) is 10.6. The summed E-state index contributed by atoms with van der Waals surface area (Å²) < 4.78 is 44.9. The minimum Gasteiger partial charge on any atom is -0.444 e. The first-order valence-corrected chi connectivity index (χ1v) is 23.4. The van der Waals surface area contributed by atoms with Gasteiger partial charge < -0.3 is 24.7 Å². The van der Waals surface area contributed by atoms with Crippen molar-refractivity contribution in [3.8, 4) is 11.5 Å². The van der Waals surface area contributed by atoms with Gasteiger partial charge in [-0.2, -0.15) is 5.10 Å². The van der Waals surface area contributed by atoms with Gasteiger partial charge in [-0.05, 0) is 119 Å². The SMILES string of the molecule is CN(CC[C@H]1CN(CCCc2ccc3c(c2)n(C)c(=O)n3C2CCC(=O)NC2=O)CCO1)CC1CCC(n2cc(NC(=O)c3coc(-c4ccnc(NCC5CC5)c4)n3)c(C(F)F)n2)CC1. The lowest BCUT2D eigenvalue weighted by atomic mass is 9.86. The normalized spacial score (nSPS) is 21.8. The number of halogens is 2. The number of hydrogen-bond acceptors (Lipinski definition) is 12. The number of aromatic nitrogens is 6. The summed E-state index contributed by atoms with van der Waals surface area (Å²) in [6.07, 6.45) is 10.8. The standard InChI is InChI=1S/C47H59F2N11O6/c1-56(19-16-34-26-58(20-21-65-34)18-3-4-29-9-12-37-39(22-29)57(2)47(64)60(37)38-13-14-41(61)54-45(38)63)25-31-7-10-33(11-8-31)59-27-35(42(55-59)43(48)49)52-44(62)36-28-66-46(53-36)32-15-17-50-40(23-32)51-24-30-5-6-30/h9,12,15,17,22-23,27-28,30-31,33-34,38,43H,3-8,10-11,13-14,16,18-21,24-26H2,1-2H3,(H,50,51)(H,52,62)(H,54,61,63)/t31?,33?,34-,38?/m0/s1. The highest BCUT2D eigenvalue weighted by Gasteiger charge is 2.32. The van der Waals surface area contributed by atoms with Gasteiger partial charge >= 0.3 is 5.69 Å². The van der Waals surface area contributed by atoms with Gasteiger partial charge in [0.15, 0.2) is 11.4 Å². The van der Waals surface area contributed by atoms with Crippen molar-refractivity contribution in [1.29, 1.82) is 0 Å². The number of aryl methyl sites for hydroxylation is 2. The quantitative estimate of drug-likeness (QED) is 0.0878. The predicted octanol–water partition coefficient (Wildman–Crippen LogP) is 5.96. The molecule has 9 rings (SSSR count). The number of benzene rings is 1. The van der Waals surface area contributed by atoms with Gasteiger partial charge in [0.25, 0.3) is 12.3 Å². The summed E-state index contributed by atoms with van der Waals surface area (Å²) in [5.41, 5.74) is 2.44. The number of anilines is 2. The zero-order valence-electron chi connectivity index (χ0n) is 37.6. The highest BCUT2D eigenvalue weighted by Crippen LogP contribution is 2.36. The fraction of sp³-hybridized carbons (Fsp3) is 0.553. The van der Waals surface area contributed by atoms with Crippen LogP contribution in [0.15, 0.2) is 58.2 Å². The predicted molar refractivity (Wildman–Crippen MR) is 242 cm³/mol. The minimum atomic E-state index is -2.87. The zero-order chi connectivity index (χ0) is 45.9. The zero-order valence-corrected chi connectivity index (χ0v) is 37.6. The molecule has 4 fully saturated rings. The highest BCUT2D eigenvalue weighted by atomic mass is 19.3. The Morgan fingerprint density at radius 1 is 1.03 bits per heavy atom. The second-order valence-electron chi connectivity index (χ2n) is 18.6. The van der Waals surface area contributed by atoms with Crippen molar-refractivity contribution in [1.82, 2.24) is 44.0 Å². The third-order valence-corrected chi connectivity index (χ3v) is 13.7. The molecule has 3 amide bonds. The number of morpholine rings is 1. The number of imidazole rings is 1. The average molecular weight is 912 g/mol. The van der Waals surface area contributed by atoms with Gasteiger partial charge in [-0.1, -0.05) is 6.07 Å². The van der Waals surface area contributed by atoms with Gasteiger partial charge in [0.05, 0.1) is 35.5 Å². The van der Waals surface area contributed by atoms with Crippen LogP contribution in [0.4, 0.5) is 20.3 Å². The van der Waals surface area contributed by atoms with Crippen LogP contribution in [0.3, 0.4) is 0 Å². The monoisotopic (exact) mass is 911 g/mol. The molecule has 4 aliphatic rings. The van der Waals surface area contributed by atoms with E-state index >= 15 is 0 Å². The van der Waals surface area contributed by atoms with Gasteiger partial charge in [-0.15, -0.1) is 0 Å². The molecule has 2 aliphatic heterocycles. The molecule has 4 aromatic heterocycles. The van der Waals surface area contributed by atoms with E-state index in [1.54, 1.807) is 34.6 Å². The van der Waals surface area contributed by atoms with Crippen molar-refractivity contribution in [2.75, 3.05) is 63.6 Å². The molecule has 17 nitrogen and oxygen atoms in total. The molecule has 2 atom stereocenters. The van der Waals surface area contributed by atoms with E-state index in [9.17, 15) is 28.0 Å². The molecule has 0 radical (unpaired) electrons. The number of oxazole rings is 1. The number of nitrogens with one attached hydrogen (secondary N) is 3. The summed E-state index contributed by atoms with van der Waals surface area (Å²) in [7, 11) is 3.87. The molecule has 352 valence electrons. The number of alkyl halides is 2. The second kappa shape index (κ2) is 20.0. The smallest absolute Gasteiger partial charge is 0.329 e. The molecular weight excluding hydrogens is 853 g/mol. The molecular formula is C47H59F2N11O6. The molecule has 3 N–H and O–H groups in total. The van der Waals surface area contributed by atoms with Crippen LogP contribution in [0, 0.1) is 11.8 Å². The number of imide groups is 1. The van der Waals surface area contributed by atoms with Gasteiger partial charge in [-0.25, -0.2) is 23.5 Å². The highest BCUT2D eigenvalue weighted by molar-refractivity contribution is 6.03. The fourth-order valence-electron chi connectivity index (χ4n) is 9.73. The number of fused-ring (bicyclic) bond motifs is 1. The van der Waals surface area contributed by atoms with Crippen molar-refractivity contribution in [3.63, 3.8) is 0 Å². The summed E-state index contributed by atoms with van der Waals surface area (Å²) in [5, 5.41) is 12.5. The van der Waals surface area contributed by atoms with Crippen LogP contribution in [0.1, 0.15) is 104 Å². The Morgan fingerprint density at radius 2 is 1.85 bits per heavy atom. The molecule has 0 bridgehead atoms. The molecule has 0 spiro atoms. The molecule has 1 aromatic carbocycles. The van der Waals surface area contributed by atoms with E-state index in [1.807, 2.05) is 18.2 Å². The molecule has 2 saturated heterocycles. The number of pyridine rings is 1. The van der Waals surface area contributed by atoms with E-state index in [0.717, 1.165) is 95.3 Å². The van der Waals surface area contributed by atoms with Gasteiger partial charge in [-0.3, -0.25) is 38.4 Å². The van der Waals surface area contributed by atoms with Crippen LogP contribution in [-0.2, 0) is 27.8 Å². The summed E-state index contributed by atoms with van der Waals surface area (Å²) in [6, 6.07) is 8.76. The van der Waals surface area contributed by atoms with Crippen LogP contribution >= 0.6 is 0 Å². The number of carbonyl (C=O) groups excluding carboxylic acids is 3. The van der Waals surface area contributed by atoms with Crippen LogP contribution < -0.4 is 21.6 Å². The van der Waals surface area contributed by atoms with E-state index < -0.39 is 30.0 Å². The van der Waals surface area contributed by atoms with Crippen LogP contribution in [0.5, 0.6) is 0 Å². The van der Waals surface area contributed by atoms with Crippen LogP contribution in [-0.4, -0.2) is 115 Å². The van der Waals surface area contributed by atoms with Gasteiger partial charge in [0.2, 0.25) is 17.7 Å². The lowest BCUT2D eigenvalue weighted by molar-refractivity contribution is -0.135. The van der Waals surface area contributed by atoms with Gasteiger partial charge in [0, 0.05) is 64.1 Å². The second-order valence-corrected chi connectivity index (χ2v) is 18.6. The topological polar surface area (TPSA) is 187 Å². The van der Waals surface area contributed by atoms with Crippen molar-refractivity contribution in [3.05, 3.63) is 76.4 Å². The van der Waals surface area contributed by atoms with Crippen LogP contribution in [0.25, 0.3) is 22.5 Å². The molecule has 5 aromatic rings. The number of ether oxygens (including phenoxy) is 1. The number of amides is 3. The van der Waals surface area contributed by atoms with E-state index in [0.29, 0.717) is 41.8 Å². The van der Waals surface area contributed by atoms with E-state index in [4.69, 9.17) is 9.15 Å². The Bertz CT molecular complexity index is 2590. The minimum absolute atomic E-state index is 0.0276. The third-order valence-electron chi connectivity index (χ3n) is 13.7. The summed E-state index contributed by atoms with van der Waals surface area (Å²) in [4.78, 5) is 64.1. The molecule has 19 heteroatoms. The Morgan fingerprint density at radius 3 is 2.64 bits per heavy atom. The maximum Gasteiger partial charge on any atom is 0.329 e. The number of carbonyl (C=O) groups is 3. The van der Waals surface area contributed by atoms with E-state index in [2.05, 4.69) is 47.9 Å². The molecule has 1 unspecified atom stereocenters. The Hall–Kier alpha value is -5.79. The average Bonchev–Trinajstić information content (AvgIpc) is 3.73. The first-order valence-electron chi connectivity index (χ1n) is 23.4. The lowest BCUT2D eigenvalue weighted by Crippen LogP contribution is -2.44. The Kier molecular flexibility index (Phi) is 13.7. The number of piperidine rings is 1. The van der Waals surface area contributed by atoms with Crippen molar-refractivity contribution in [2.24, 2.45) is 18.9 Å². The van der Waals surface area contributed by atoms with E-state index in [1.165, 1.54) is 29.9 Å². The first kappa shape index (κ1) is 45.4.